The van der Waals surface area contributed by atoms with Crippen LogP contribution in [0.15, 0.2) is 29.2 Å². The average Bonchev–Trinajstić information content (AvgIpc) is 2.72. The monoisotopic (exact) mass is 457 g/mol. The molecule has 1 saturated heterocycles. The van der Waals surface area contributed by atoms with Gasteiger partial charge in [0.15, 0.2) is 16.9 Å². The number of carboxylic acids is 1. The molecule has 0 aliphatic carbocycles. The van der Waals surface area contributed by atoms with Crippen LogP contribution in [0.5, 0.6) is 11.5 Å². The molecule has 1 N–H and O–H groups in total. The first kappa shape index (κ1) is 23.3. The molecule has 178 valence electrons. The molecule has 8 nitrogen and oxygen atoms in total. The lowest BCUT2D eigenvalue weighted by molar-refractivity contribution is -0.159. The van der Waals surface area contributed by atoms with Gasteiger partial charge in [0.25, 0.3) is 0 Å². The second-order valence-corrected chi connectivity index (χ2v) is 10.1. The van der Waals surface area contributed by atoms with Crippen molar-refractivity contribution in [3.05, 3.63) is 45.7 Å². The van der Waals surface area contributed by atoms with Crippen LogP contribution >= 0.6 is 0 Å². The Kier molecular flexibility index (Phi) is 6.01. The molecule has 0 bridgehead atoms. The van der Waals surface area contributed by atoms with Crippen molar-refractivity contribution in [1.29, 1.82) is 0 Å². The summed E-state index contributed by atoms with van der Waals surface area (Å²) in [6, 6.07) is 5.22. The molecule has 1 atom stereocenters. The van der Waals surface area contributed by atoms with Crippen LogP contribution in [-0.4, -0.2) is 56.3 Å². The third kappa shape index (κ3) is 4.25. The minimum atomic E-state index is -1.22. The Labute approximate surface area is 193 Å². The number of rotatable bonds is 7. The molecule has 3 heterocycles. The Morgan fingerprint density at radius 1 is 1.18 bits per heavy atom. The van der Waals surface area contributed by atoms with E-state index in [4.69, 9.17) is 18.9 Å². The lowest BCUT2D eigenvalue weighted by Crippen LogP contribution is -2.50. The molecule has 0 radical (unpaired) electrons. The standard InChI is InChI=1S/C25H31NO7/c1-24(2,3)22-7-15-6-21(33-14-25(11-30-4)12-32-13-25)20(31-5)8-16(15)18-9-19(27)17(23(28)29)10-26(18)22/h6,8-10,22H,7,11-14H2,1-5H3,(H,28,29). The van der Waals surface area contributed by atoms with Crippen LogP contribution in [0.1, 0.15) is 42.7 Å². The number of hydrogen-bond donors (Lipinski definition) is 1. The number of pyridine rings is 1. The van der Waals surface area contributed by atoms with E-state index in [-0.39, 0.29) is 22.4 Å². The van der Waals surface area contributed by atoms with Crippen molar-refractivity contribution in [1.82, 2.24) is 4.57 Å². The molecule has 1 fully saturated rings. The van der Waals surface area contributed by atoms with Gasteiger partial charge in [0.1, 0.15) is 12.2 Å². The van der Waals surface area contributed by atoms with E-state index in [9.17, 15) is 14.7 Å². The van der Waals surface area contributed by atoms with Crippen molar-refractivity contribution in [2.75, 3.05) is 40.6 Å². The number of methoxy groups -OCH3 is 2. The van der Waals surface area contributed by atoms with Gasteiger partial charge < -0.3 is 28.6 Å². The molecule has 0 spiro atoms. The Morgan fingerprint density at radius 3 is 2.45 bits per heavy atom. The highest BCUT2D eigenvalue weighted by atomic mass is 16.5. The molecular weight excluding hydrogens is 426 g/mol. The highest BCUT2D eigenvalue weighted by Crippen LogP contribution is 2.46. The van der Waals surface area contributed by atoms with Gasteiger partial charge in [0, 0.05) is 31.0 Å². The third-order valence-corrected chi connectivity index (χ3v) is 6.53. The van der Waals surface area contributed by atoms with E-state index in [2.05, 4.69) is 20.8 Å². The van der Waals surface area contributed by atoms with Gasteiger partial charge in [-0.3, -0.25) is 4.79 Å². The van der Waals surface area contributed by atoms with Crippen LogP contribution in [-0.2, 0) is 15.9 Å². The molecule has 33 heavy (non-hydrogen) atoms. The van der Waals surface area contributed by atoms with Gasteiger partial charge in [0.2, 0.25) is 0 Å². The largest absolute Gasteiger partial charge is 0.493 e. The number of aromatic carboxylic acids is 1. The first-order valence-corrected chi connectivity index (χ1v) is 11.0. The van der Waals surface area contributed by atoms with Gasteiger partial charge in [-0.05, 0) is 29.5 Å². The van der Waals surface area contributed by atoms with E-state index < -0.39 is 11.4 Å². The second kappa shape index (κ2) is 8.50. The molecule has 2 aliphatic heterocycles. The van der Waals surface area contributed by atoms with Gasteiger partial charge in [-0.15, -0.1) is 0 Å². The molecule has 1 unspecified atom stereocenters. The van der Waals surface area contributed by atoms with E-state index in [1.54, 1.807) is 14.2 Å². The molecule has 2 aromatic rings. The lowest BCUT2D eigenvalue weighted by Gasteiger charge is -2.41. The molecule has 1 aromatic carbocycles. The molecule has 0 saturated carbocycles. The van der Waals surface area contributed by atoms with Gasteiger partial charge in [0.05, 0.1) is 38.0 Å². The van der Waals surface area contributed by atoms with Crippen molar-refractivity contribution < 1.29 is 28.8 Å². The van der Waals surface area contributed by atoms with E-state index >= 15 is 0 Å². The first-order valence-electron chi connectivity index (χ1n) is 11.0. The number of carbonyl (C=O) groups is 1. The van der Waals surface area contributed by atoms with Crippen LogP contribution in [0.4, 0.5) is 0 Å². The van der Waals surface area contributed by atoms with Gasteiger partial charge in [-0.2, -0.15) is 0 Å². The number of ether oxygens (including phenoxy) is 4. The Hall–Kier alpha value is -2.84. The summed E-state index contributed by atoms with van der Waals surface area (Å²) < 4.78 is 24.5. The molecule has 8 heteroatoms. The summed E-state index contributed by atoms with van der Waals surface area (Å²) in [5.74, 6) is -0.0404. The topological polar surface area (TPSA) is 96.2 Å². The number of nitrogens with zero attached hydrogens (tertiary/aromatic N) is 1. The number of carboxylic acid groups (broad SMARTS) is 1. The quantitative estimate of drug-likeness (QED) is 0.681. The van der Waals surface area contributed by atoms with Crippen LogP contribution in [0.3, 0.4) is 0 Å². The van der Waals surface area contributed by atoms with Crippen molar-refractivity contribution >= 4 is 5.97 Å². The van der Waals surface area contributed by atoms with E-state index in [0.717, 1.165) is 11.1 Å². The molecule has 0 amide bonds. The summed E-state index contributed by atoms with van der Waals surface area (Å²) in [7, 11) is 3.24. The molecular formula is C25H31NO7. The van der Waals surface area contributed by atoms with Gasteiger partial charge >= 0.3 is 5.97 Å². The number of aromatic nitrogens is 1. The summed E-state index contributed by atoms with van der Waals surface area (Å²) in [6.45, 7) is 8.49. The van der Waals surface area contributed by atoms with E-state index in [1.165, 1.54) is 12.3 Å². The number of benzene rings is 1. The van der Waals surface area contributed by atoms with E-state index in [0.29, 0.717) is 50.0 Å². The Balaban J connectivity index is 1.79. The predicted octanol–water partition coefficient (Wildman–Crippen LogP) is 3.41. The second-order valence-electron chi connectivity index (χ2n) is 10.1. The predicted molar refractivity (Wildman–Crippen MR) is 122 cm³/mol. The fraction of sp³-hybridized carbons (Fsp3) is 0.520. The Bertz CT molecular complexity index is 1120. The van der Waals surface area contributed by atoms with Crippen molar-refractivity contribution in [2.45, 2.75) is 33.2 Å². The minimum absolute atomic E-state index is 0.0418. The fourth-order valence-corrected chi connectivity index (χ4v) is 4.63. The Morgan fingerprint density at radius 2 is 1.91 bits per heavy atom. The molecule has 4 rings (SSSR count). The fourth-order valence-electron chi connectivity index (χ4n) is 4.63. The number of hydrogen-bond acceptors (Lipinski definition) is 6. The van der Waals surface area contributed by atoms with Crippen molar-refractivity contribution in [2.24, 2.45) is 10.8 Å². The zero-order valence-corrected chi connectivity index (χ0v) is 19.8. The summed E-state index contributed by atoms with van der Waals surface area (Å²) in [6.07, 6.45) is 2.14. The third-order valence-electron chi connectivity index (χ3n) is 6.53. The summed E-state index contributed by atoms with van der Waals surface area (Å²) in [5.41, 5.74) is 1.46. The highest BCUT2D eigenvalue weighted by molar-refractivity contribution is 5.88. The summed E-state index contributed by atoms with van der Waals surface area (Å²) in [5, 5.41) is 9.49. The van der Waals surface area contributed by atoms with Gasteiger partial charge in [-0.1, -0.05) is 20.8 Å². The zero-order valence-electron chi connectivity index (χ0n) is 19.8. The smallest absolute Gasteiger partial charge is 0.341 e. The lowest BCUT2D eigenvalue weighted by atomic mass is 9.78. The van der Waals surface area contributed by atoms with Crippen molar-refractivity contribution in [3.63, 3.8) is 0 Å². The van der Waals surface area contributed by atoms with Crippen LogP contribution in [0.2, 0.25) is 0 Å². The van der Waals surface area contributed by atoms with Crippen LogP contribution < -0.4 is 14.9 Å². The zero-order chi connectivity index (χ0) is 24.0. The summed E-state index contributed by atoms with van der Waals surface area (Å²) in [4.78, 5) is 24.2. The SMILES string of the molecule is COCC1(COc2cc3c(cc2OC)-c2cc(=O)c(C(=O)O)cn2C(C(C)(C)C)C3)COC1. The maximum Gasteiger partial charge on any atom is 0.341 e. The normalized spacial score (nSPS) is 18.6. The van der Waals surface area contributed by atoms with E-state index in [1.807, 2.05) is 16.7 Å². The van der Waals surface area contributed by atoms with Crippen molar-refractivity contribution in [3.8, 4) is 22.8 Å². The minimum Gasteiger partial charge on any atom is -0.493 e. The maximum atomic E-state index is 12.6. The maximum absolute atomic E-state index is 12.6. The first-order chi connectivity index (χ1) is 15.6. The highest BCUT2D eigenvalue weighted by Gasteiger charge is 2.40. The average molecular weight is 458 g/mol. The number of fused-ring (bicyclic) bond motifs is 3. The molecule has 2 aliphatic rings. The van der Waals surface area contributed by atoms with Crippen LogP contribution in [0.25, 0.3) is 11.3 Å². The summed E-state index contributed by atoms with van der Waals surface area (Å²) >= 11 is 0. The molecule has 1 aromatic heterocycles. The van der Waals surface area contributed by atoms with Crippen LogP contribution in [0, 0.1) is 10.8 Å². The van der Waals surface area contributed by atoms with Gasteiger partial charge in [-0.25, -0.2) is 4.79 Å².